The van der Waals surface area contributed by atoms with Crippen molar-refractivity contribution in [1.29, 1.82) is 0 Å². The van der Waals surface area contributed by atoms with Crippen LogP contribution in [0.2, 0.25) is 0 Å². The lowest BCUT2D eigenvalue weighted by Crippen LogP contribution is -2.75. The highest BCUT2D eigenvalue weighted by Gasteiger charge is 2.47. The molecule has 0 amide bonds. The van der Waals surface area contributed by atoms with E-state index in [1.54, 1.807) is 0 Å². The first-order valence-corrected chi connectivity index (χ1v) is 23.2. The monoisotopic (exact) mass is 1120 g/mol. The number of hydrogen-bond acceptors (Lipinski definition) is 1. The first kappa shape index (κ1) is 59.7. The molecule has 75 heavy (non-hydrogen) atoms. The maximum atomic E-state index is 14.2. The fraction of sp³-hybridized carbons (Fsp3) is 0.250. The largest absolute Gasteiger partial charge is 0.416 e. The number of alkyl halides is 24. The number of benzene rings is 6. The molecule has 0 bridgehead atoms. The molecule has 6 rings (SSSR count). The molecule has 0 aliphatic carbocycles. The zero-order valence-corrected chi connectivity index (χ0v) is 38.3. The molecular weight excluding hydrogens is 1090 g/mol. The molecule has 0 N–H and O–H groups in total. The molecule has 0 aliphatic heterocycles. The van der Waals surface area contributed by atoms with E-state index in [9.17, 15) is 110 Å². The summed E-state index contributed by atoms with van der Waals surface area (Å²) in [5, 5.41) is 0. The average molecular weight is 1120 g/mol. The normalized spacial score (nSPS) is 13.6. The minimum Gasteiger partial charge on any atom is -0.194 e. The minimum absolute atomic E-state index is 0.665. The second-order valence-electron chi connectivity index (χ2n) is 17.3. The number of hydrogen-bond donors (Lipinski definition) is 0. The molecule has 6 aromatic carbocycles. The van der Waals surface area contributed by atoms with E-state index >= 15 is 0 Å². The highest BCUT2D eigenvalue weighted by Crippen LogP contribution is 2.41. The van der Waals surface area contributed by atoms with Crippen LogP contribution in [-0.2, 0) is 75.7 Å². The van der Waals surface area contributed by atoms with Gasteiger partial charge in [-0.15, -0.1) is 4.21 Å². The standard InChI is InChI=1S/C32H12BF24.C16H19OS/c34-25(35,36)13-1-14(26(37,38)39)6-21(5-13)33(22-7-15(27(40,41)42)2-16(8-22)28(43,44)45,23-9-17(29(46,47)48)3-18(10-23)30(49,50)51)24-11-19(31(52,53)54)4-20(12-24)32(55,56)57;1-18(2,17)13-16-10-8-15(9-11-16)12-14-6-4-3-5-7-14/h1-12H;3-11H,12-13H2,1-2H3/q-1;+1. The van der Waals surface area contributed by atoms with E-state index in [0.717, 1.165) is 12.0 Å². The molecule has 6 aromatic rings. The molecule has 0 saturated heterocycles. The summed E-state index contributed by atoms with van der Waals surface area (Å²) in [4.78, 5) is 0. The van der Waals surface area contributed by atoms with Gasteiger partial charge in [-0.05, 0) is 41.8 Å². The first-order valence-electron chi connectivity index (χ1n) is 20.7. The van der Waals surface area contributed by atoms with Crippen molar-refractivity contribution in [3.63, 3.8) is 0 Å². The van der Waals surface area contributed by atoms with Crippen LogP contribution in [-0.4, -0.2) is 18.7 Å². The topological polar surface area (TPSA) is 17.1 Å². The molecule has 0 radical (unpaired) electrons. The summed E-state index contributed by atoms with van der Waals surface area (Å²) >= 11 is 0. The predicted octanol–water partition coefficient (Wildman–Crippen LogP) is 14.8. The van der Waals surface area contributed by atoms with E-state index in [1.165, 1.54) is 11.1 Å². The zero-order chi connectivity index (χ0) is 56.9. The van der Waals surface area contributed by atoms with E-state index in [-0.39, 0.29) is 0 Å². The summed E-state index contributed by atoms with van der Waals surface area (Å²) in [6.07, 6.45) is -50.2. The van der Waals surface area contributed by atoms with Crippen LogP contribution in [0.3, 0.4) is 0 Å². The Morgan fingerprint density at radius 3 is 0.707 bits per heavy atom. The fourth-order valence-electron chi connectivity index (χ4n) is 8.06. The fourth-order valence-corrected chi connectivity index (χ4v) is 9.05. The molecule has 27 heteroatoms. The highest BCUT2D eigenvalue weighted by molar-refractivity contribution is 8.00. The van der Waals surface area contributed by atoms with Gasteiger partial charge >= 0.3 is 49.4 Å². The van der Waals surface area contributed by atoms with Crippen molar-refractivity contribution in [3.8, 4) is 0 Å². The molecule has 0 fully saturated rings. The van der Waals surface area contributed by atoms with E-state index in [4.69, 9.17) is 0 Å². The Balaban J connectivity index is 0.000000483. The van der Waals surface area contributed by atoms with Gasteiger partial charge in [-0.2, -0.15) is 127 Å². The van der Waals surface area contributed by atoms with Crippen LogP contribution >= 0.6 is 0 Å². The van der Waals surface area contributed by atoms with Gasteiger partial charge in [0.2, 0.25) is 0 Å². The Bertz CT molecular complexity index is 2590. The lowest BCUT2D eigenvalue weighted by molar-refractivity contribution is -0.144. The Morgan fingerprint density at radius 2 is 0.507 bits per heavy atom. The van der Waals surface area contributed by atoms with Crippen LogP contribution in [0, 0.1) is 0 Å². The van der Waals surface area contributed by atoms with Gasteiger partial charge in [-0.25, -0.2) is 0 Å². The minimum atomic E-state index is -6.13. The van der Waals surface area contributed by atoms with Crippen LogP contribution in [0.25, 0.3) is 0 Å². The summed E-state index contributed by atoms with van der Waals surface area (Å²) in [6, 6.07) is 10.1. The maximum absolute atomic E-state index is 14.2. The quantitative estimate of drug-likeness (QED) is 0.0843. The zero-order valence-electron chi connectivity index (χ0n) is 37.5. The maximum Gasteiger partial charge on any atom is 0.416 e. The lowest BCUT2D eigenvalue weighted by atomic mass is 9.12. The summed E-state index contributed by atoms with van der Waals surface area (Å²) in [5.74, 6) is 0.665. The van der Waals surface area contributed by atoms with Crippen molar-refractivity contribution < 1.29 is 110 Å². The molecule has 0 saturated carbocycles. The van der Waals surface area contributed by atoms with Crippen LogP contribution in [0.1, 0.15) is 61.2 Å². The SMILES string of the molecule is C[S+](C)(=O)Cc1ccc(Cc2ccccc2)cc1.FC(F)(F)c1cc([B-](c2cc(C(F)(F)F)cc(C(F)(F)F)c2)(c2cc(C(F)(F)F)cc(C(F)(F)F)c2)c2cc(C(F)(F)F)cc(C(F)(F)F)c2)cc(C(F)(F)F)c1. The van der Waals surface area contributed by atoms with E-state index in [1.807, 2.05) is 18.6 Å². The molecule has 0 atom stereocenters. The number of halogens is 24. The second-order valence-corrected chi connectivity index (χ2v) is 20.4. The van der Waals surface area contributed by atoms with Crippen LogP contribution in [0.15, 0.2) is 127 Å². The van der Waals surface area contributed by atoms with Gasteiger partial charge in [-0.1, -0.05) is 103 Å². The van der Waals surface area contributed by atoms with Crippen molar-refractivity contribution >= 4 is 37.9 Å². The van der Waals surface area contributed by atoms with Gasteiger partial charge in [0, 0.05) is 5.56 Å². The van der Waals surface area contributed by atoms with Gasteiger partial charge in [0.05, 0.1) is 54.4 Å². The second kappa shape index (κ2) is 20.4. The Kier molecular flexibility index (Phi) is 16.3. The van der Waals surface area contributed by atoms with E-state index in [2.05, 4.69) is 48.5 Å². The highest BCUT2D eigenvalue weighted by atomic mass is 32.2. The summed E-state index contributed by atoms with van der Waals surface area (Å²) < 4.78 is 353. The smallest absolute Gasteiger partial charge is 0.194 e. The van der Waals surface area contributed by atoms with Crippen LogP contribution in [0.4, 0.5) is 105 Å². The van der Waals surface area contributed by atoms with E-state index in [0.29, 0.717) is 5.75 Å². The molecule has 0 heterocycles. The van der Waals surface area contributed by atoms with Crippen molar-refractivity contribution in [1.82, 2.24) is 0 Å². The van der Waals surface area contributed by atoms with Crippen molar-refractivity contribution in [2.24, 2.45) is 0 Å². The van der Waals surface area contributed by atoms with Crippen molar-refractivity contribution in [3.05, 3.63) is 189 Å². The Morgan fingerprint density at radius 1 is 0.307 bits per heavy atom. The number of rotatable bonds is 8. The Labute approximate surface area is 409 Å². The van der Waals surface area contributed by atoms with Crippen LogP contribution in [0.5, 0.6) is 0 Å². The molecule has 406 valence electrons. The summed E-state index contributed by atoms with van der Waals surface area (Å²) in [5.41, 5.74) is -26.4. The van der Waals surface area contributed by atoms with Gasteiger partial charge in [-0.3, -0.25) is 0 Å². The molecule has 1 nitrogen and oxygen atoms in total. The summed E-state index contributed by atoms with van der Waals surface area (Å²) in [6.45, 7) is 0. The molecule has 0 aromatic heterocycles. The third kappa shape index (κ3) is 14.8. The third-order valence-electron chi connectivity index (χ3n) is 11.2. The van der Waals surface area contributed by atoms with E-state index < -0.39 is 205 Å². The molecule has 0 aliphatic rings. The van der Waals surface area contributed by atoms with Crippen LogP contribution < -0.4 is 21.9 Å². The van der Waals surface area contributed by atoms with Crippen molar-refractivity contribution in [2.75, 3.05) is 12.5 Å². The predicted molar refractivity (Wildman–Crippen MR) is 229 cm³/mol. The molecular formula is C48H31BF24OS. The van der Waals surface area contributed by atoms with Gasteiger partial charge < -0.3 is 0 Å². The average Bonchev–Trinajstić information content (AvgIpc) is 3.25. The third-order valence-corrected chi connectivity index (χ3v) is 12.3. The lowest BCUT2D eigenvalue weighted by Gasteiger charge is -2.46. The first-order chi connectivity index (χ1) is 33.8. The summed E-state index contributed by atoms with van der Waals surface area (Å²) in [7, 11) is -1.70. The molecule has 0 unspecified atom stereocenters. The van der Waals surface area contributed by atoms with Gasteiger partial charge in [0.25, 0.3) is 0 Å². The molecule has 0 spiro atoms. The van der Waals surface area contributed by atoms with Crippen molar-refractivity contribution in [2.45, 2.75) is 61.6 Å². The van der Waals surface area contributed by atoms with Gasteiger partial charge in [0.1, 0.15) is 24.4 Å². The Hall–Kier alpha value is -6.15. The van der Waals surface area contributed by atoms with Gasteiger partial charge in [0.15, 0.2) is 0 Å².